The summed E-state index contributed by atoms with van der Waals surface area (Å²) in [5.41, 5.74) is 22.9. The molecule has 1 fully saturated rings. The maximum atomic E-state index is 6.90. The molecule has 6 rings (SSSR count). The lowest BCUT2D eigenvalue weighted by Gasteiger charge is -2.42. The maximum Gasteiger partial charge on any atom is 0.158 e. The molecule has 36 heavy (non-hydrogen) atoms. The molecule has 8 nitrogen and oxygen atoms in total. The van der Waals surface area contributed by atoms with Crippen molar-refractivity contribution in [2.24, 2.45) is 11.1 Å². The highest BCUT2D eigenvalue weighted by Crippen LogP contribution is 2.51. The van der Waals surface area contributed by atoms with Gasteiger partial charge >= 0.3 is 0 Å². The van der Waals surface area contributed by atoms with Gasteiger partial charge in [0, 0.05) is 48.3 Å². The van der Waals surface area contributed by atoms with Gasteiger partial charge in [-0.3, -0.25) is 0 Å². The predicted octanol–water partition coefficient (Wildman–Crippen LogP) is 4.47. The fraction of sp³-hybridized carbons (Fsp3) is 0.269. The minimum Gasteiger partial charge on any atom is -0.382 e. The molecule has 1 saturated heterocycles. The summed E-state index contributed by atoms with van der Waals surface area (Å²) >= 11 is 7.60. The normalized spacial score (nSPS) is 18.5. The van der Waals surface area contributed by atoms with Crippen LogP contribution in [0.5, 0.6) is 0 Å². The summed E-state index contributed by atoms with van der Waals surface area (Å²) in [5, 5.41) is 0.981. The van der Waals surface area contributed by atoms with Crippen LogP contribution in [-0.2, 0) is 6.42 Å². The molecule has 1 aliphatic heterocycles. The quantitative estimate of drug-likeness (QED) is 0.361. The summed E-state index contributed by atoms with van der Waals surface area (Å²) in [7, 11) is 0. The van der Waals surface area contributed by atoms with Crippen LogP contribution in [0.3, 0.4) is 0 Å². The van der Waals surface area contributed by atoms with E-state index in [1.807, 2.05) is 12.1 Å². The molecule has 4 aromatic rings. The number of rotatable bonds is 4. The van der Waals surface area contributed by atoms with Gasteiger partial charge in [-0.15, -0.1) is 0 Å². The molecule has 0 bridgehead atoms. The molecule has 0 radical (unpaired) electrons. The lowest BCUT2D eigenvalue weighted by atomic mass is 9.73. The van der Waals surface area contributed by atoms with Crippen LogP contribution in [-0.4, -0.2) is 32.6 Å². The third-order valence-electron chi connectivity index (χ3n) is 7.49. The van der Waals surface area contributed by atoms with Crippen LogP contribution in [0.15, 0.2) is 71.1 Å². The van der Waals surface area contributed by atoms with Crippen LogP contribution in [0, 0.1) is 5.41 Å². The van der Waals surface area contributed by atoms with Gasteiger partial charge in [0.2, 0.25) is 0 Å². The van der Waals surface area contributed by atoms with Crippen LogP contribution in [0.2, 0.25) is 5.02 Å². The van der Waals surface area contributed by atoms with E-state index < -0.39 is 0 Å². The molecule has 10 heteroatoms. The van der Waals surface area contributed by atoms with E-state index in [1.54, 1.807) is 18.5 Å². The van der Waals surface area contributed by atoms with E-state index in [4.69, 9.17) is 28.8 Å². The zero-order valence-electron chi connectivity index (χ0n) is 19.6. The van der Waals surface area contributed by atoms with Gasteiger partial charge in [0.1, 0.15) is 16.7 Å². The third-order valence-corrected chi connectivity index (χ3v) is 9.07. The Labute approximate surface area is 218 Å². The van der Waals surface area contributed by atoms with Crippen LogP contribution in [0.4, 0.5) is 17.5 Å². The highest BCUT2D eigenvalue weighted by Gasteiger charge is 2.46. The number of hydrogen-bond donors (Lipinski definition) is 3. The first-order valence-electron chi connectivity index (χ1n) is 11.9. The number of aromatic nitrogens is 4. The molecule has 4 heterocycles. The van der Waals surface area contributed by atoms with Gasteiger partial charge in [0.05, 0.1) is 11.2 Å². The lowest BCUT2D eigenvalue weighted by Crippen LogP contribution is -2.44. The minimum absolute atomic E-state index is 0.0256. The summed E-state index contributed by atoms with van der Waals surface area (Å²) in [4.78, 5) is 16.2. The Bertz CT molecular complexity index is 1420. The molecular formula is C26H27ClN8S. The first-order valence-corrected chi connectivity index (χ1v) is 13.1. The highest BCUT2D eigenvalue weighted by molar-refractivity contribution is 7.99. The molecule has 6 N–H and O–H groups in total. The molecule has 2 aliphatic rings. The number of nitrogen functional groups attached to an aromatic ring is 2. The highest BCUT2D eigenvalue weighted by atomic mass is 35.5. The van der Waals surface area contributed by atoms with Gasteiger partial charge in [-0.05, 0) is 66.1 Å². The number of nitrogens with two attached hydrogens (primary N) is 3. The van der Waals surface area contributed by atoms with Gasteiger partial charge in [0.25, 0.3) is 0 Å². The fourth-order valence-electron chi connectivity index (χ4n) is 5.43. The van der Waals surface area contributed by atoms with Crippen molar-refractivity contribution in [3.63, 3.8) is 0 Å². The number of benzene rings is 1. The smallest absolute Gasteiger partial charge is 0.158 e. The summed E-state index contributed by atoms with van der Waals surface area (Å²) in [6.07, 6.45) is 10.5. The van der Waals surface area contributed by atoms with Crippen molar-refractivity contribution in [2.75, 3.05) is 29.5 Å². The number of fused-ring (bicyclic) bond motifs is 1. The number of nitrogens with zero attached hydrogens (tertiary/aromatic N) is 5. The second-order valence-corrected chi connectivity index (χ2v) is 10.9. The van der Waals surface area contributed by atoms with E-state index in [2.05, 4.69) is 55.0 Å². The Kier molecular flexibility index (Phi) is 5.78. The Balaban J connectivity index is 1.16. The maximum absolute atomic E-state index is 6.90. The Morgan fingerprint density at radius 3 is 2.56 bits per heavy atom. The first-order chi connectivity index (χ1) is 17.4. The standard InChI is InChI=1S/C26H27ClN8S/c27-21-19(5-8-31-23(21)29)36-25-24(30)33-20(15-32-25)35-11-6-26(7-12-35)14-16-3-4-17(13-18(16)22(26)28)34-9-1-2-10-34/h1-5,8-10,13,15,22H,6-7,11-12,14,28H2,(H2,29,31)(H2,30,33)/t22-/m1/s1. The molecule has 184 valence electrons. The van der Waals surface area contributed by atoms with Gasteiger partial charge in [-0.1, -0.05) is 29.4 Å². The monoisotopic (exact) mass is 518 g/mol. The van der Waals surface area contributed by atoms with Crippen LogP contribution in [0.1, 0.15) is 30.0 Å². The molecule has 1 aromatic carbocycles. The van der Waals surface area contributed by atoms with E-state index in [9.17, 15) is 0 Å². The number of anilines is 3. The van der Waals surface area contributed by atoms with E-state index >= 15 is 0 Å². The zero-order chi connectivity index (χ0) is 24.9. The Morgan fingerprint density at radius 1 is 1.03 bits per heavy atom. The van der Waals surface area contributed by atoms with Crippen molar-refractivity contribution in [2.45, 2.75) is 35.2 Å². The predicted molar refractivity (Wildman–Crippen MR) is 145 cm³/mol. The van der Waals surface area contributed by atoms with Crippen LogP contribution >= 0.6 is 23.4 Å². The van der Waals surface area contributed by atoms with E-state index in [-0.39, 0.29) is 17.3 Å². The SMILES string of the molecule is Nc1nc(N2CCC3(CC2)Cc2ccc(-n4cccc4)cc2[C@H]3N)cnc1Sc1ccnc(N)c1Cl. The van der Waals surface area contributed by atoms with Gasteiger partial charge in [-0.25, -0.2) is 15.0 Å². The number of halogens is 1. The molecule has 0 unspecified atom stereocenters. The van der Waals surface area contributed by atoms with Gasteiger partial charge in [0.15, 0.2) is 5.82 Å². The number of piperidine rings is 1. The van der Waals surface area contributed by atoms with Crippen molar-refractivity contribution < 1.29 is 0 Å². The molecular weight excluding hydrogens is 492 g/mol. The first kappa shape index (κ1) is 23.1. The van der Waals surface area contributed by atoms with Crippen molar-refractivity contribution in [1.82, 2.24) is 19.5 Å². The van der Waals surface area contributed by atoms with Crippen molar-refractivity contribution in [1.29, 1.82) is 0 Å². The van der Waals surface area contributed by atoms with Crippen molar-refractivity contribution >= 4 is 40.8 Å². The van der Waals surface area contributed by atoms with Gasteiger partial charge in [-0.2, -0.15) is 0 Å². The second-order valence-electron chi connectivity index (χ2n) is 9.51. The third kappa shape index (κ3) is 3.97. The topological polar surface area (TPSA) is 125 Å². The lowest BCUT2D eigenvalue weighted by molar-refractivity contribution is 0.187. The number of hydrogen-bond acceptors (Lipinski definition) is 8. The van der Waals surface area contributed by atoms with E-state index in [1.165, 1.54) is 22.9 Å². The Hall–Kier alpha value is -3.27. The van der Waals surface area contributed by atoms with Crippen molar-refractivity contribution in [3.8, 4) is 5.69 Å². The minimum atomic E-state index is 0.0256. The molecule has 0 saturated carbocycles. The Morgan fingerprint density at radius 2 is 1.81 bits per heavy atom. The molecule has 3 aromatic heterocycles. The second kappa shape index (κ2) is 8.99. The van der Waals surface area contributed by atoms with Crippen LogP contribution in [0.25, 0.3) is 5.69 Å². The summed E-state index contributed by atoms with van der Waals surface area (Å²) in [6, 6.07) is 12.6. The zero-order valence-corrected chi connectivity index (χ0v) is 21.2. The molecule has 1 aliphatic carbocycles. The number of pyridine rings is 1. The average Bonchev–Trinajstić information content (AvgIpc) is 3.51. The molecule has 0 amide bonds. The van der Waals surface area contributed by atoms with E-state index in [0.717, 1.165) is 48.8 Å². The van der Waals surface area contributed by atoms with Gasteiger partial charge < -0.3 is 26.7 Å². The van der Waals surface area contributed by atoms with Crippen molar-refractivity contribution in [3.05, 3.63) is 77.3 Å². The summed E-state index contributed by atoms with van der Waals surface area (Å²) < 4.78 is 2.13. The fourth-order valence-corrected chi connectivity index (χ4v) is 6.44. The summed E-state index contributed by atoms with van der Waals surface area (Å²) in [6.45, 7) is 1.72. The van der Waals surface area contributed by atoms with Crippen LogP contribution < -0.4 is 22.1 Å². The molecule has 1 atom stereocenters. The van der Waals surface area contributed by atoms with E-state index in [0.29, 0.717) is 15.9 Å². The molecule has 1 spiro atoms. The average molecular weight is 519 g/mol. The largest absolute Gasteiger partial charge is 0.382 e. The summed E-state index contributed by atoms with van der Waals surface area (Å²) in [5.74, 6) is 1.43.